The van der Waals surface area contributed by atoms with E-state index in [0.29, 0.717) is 17.9 Å². The molecule has 0 heterocycles. The first-order chi connectivity index (χ1) is 7.15. The summed E-state index contributed by atoms with van der Waals surface area (Å²) < 4.78 is 5.39. The average Bonchev–Trinajstić information content (AvgIpc) is 2.17. The quantitative estimate of drug-likeness (QED) is 0.364. The highest BCUT2D eigenvalue weighted by Gasteiger charge is 2.10. The standard InChI is InChI=1S/C10H13NO3S/c1-8-7-9(14-5-2-6-15)3-4-10(8)11(12)13/h3-4,7,15H,2,5-6H2,1H3. The van der Waals surface area contributed by atoms with Gasteiger partial charge in [0, 0.05) is 11.6 Å². The molecule has 0 saturated heterocycles. The highest BCUT2D eigenvalue weighted by atomic mass is 32.1. The zero-order valence-electron chi connectivity index (χ0n) is 8.47. The lowest BCUT2D eigenvalue weighted by atomic mass is 10.2. The minimum Gasteiger partial charge on any atom is -0.494 e. The Kier molecular flexibility index (Phi) is 4.42. The van der Waals surface area contributed by atoms with Crippen LogP contribution in [0, 0.1) is 17.0 Å². The number of hydrogen-bond acceptors (Lipinski definition) is 4. The van der Waals surface area contributed by atoms with Crippen molar-refractivity contribution >= 4 is 18.3 Å². The molecule has 5 heteroatoms. The Labute approximate surface area is 93.8 Å². The molecule has 0 amide bonds. The first kappa shape index (κ1) is 11.8. The van der Waals surface area contributed by atoms with Gasteiger partial charge in [-0.25, -0.2) is 0 Å². The van der Waals surface area contributed by atoms with E-state index in [0.717, 1.165) is 12.2 Å². The first-order valence-corrected chi connectivity index (χ1v) is 5.27. The molecule has 0 aliphatic heterocycles. The van der Waals surface area contributed by atoms with Gasteiger partial charge in [-0.3, -0.25) is 10.1 Å². The van der Waals surface area contributed by atoms with Crippen molar-refractivity contribution in [3.05, 3.63) is 33.9 Å². The fourth-order valence-corrected chi connectivity index (χ4v) is 1.31. The minimum absolute atomic E-state index is 0.122. The van der Waals surface area contributed by atoms with Crippen molar-refractivity contribution in [1.29, 1.82) is 0 Å². The van der Waals surface area contributed by atoms with Crippen LogP contribution in [0.5, 0.6) is 5.75 Å². The van der Waals surface area contributed by atoms with E-state index in [2.05, 4.69) is 12.6 Å². The van der Waals surface area contributed by atoms with Gasteiger partial charge in [0.2, 0.25) is 0 Å². The van der Waals surface area contributed by atoms with E-state index in [1.165, 1.54) is 6.07 Å². The zero-order valence-corrected chi connectivity index (χ0v) is 9.37. The molecule has 1 aromatic carbocycles. The number of nitrogens with zero attached hydrogens (tertiary/aromatic N) is 1. The Bertz CT molecular complexity index is 355. The lowest BCUT2D eigenvalue weighted by molar-refractivity contribution is -0.385. The molecule has 1 rings (SSSR count). The van der Waals surface area contributed by atoms with E-state index in [9.17, 15) is 10.1 Å². The van der Waals surface area contributed by atoms with E-state index in [-0.39, 0.29) is 5.69 Å². The molecule has 0 bridgehead atoms. The van der Waals surface area contributed by atoms with Crippen LogP contribution in [0.1, 0.15) is 12.0 Å². The highest BCUT2D eigenvalue weighted by Crippen LogP contribution is 2.22. The van der Waals surface area contributed by atoms with Gasteiger partial charge in [0.15, 0.2) is 0 Å². The average molecular weight is 227 g/mol. The van der Waals surface area contributed by atoms with Crippen molar-refractivity contribution in [3.8, 4) is 5.75 Å². The molecule has 0 aliphatic carbocycles. The van der Waals surface area contributed by atoms with Gasteiger partial charge >= 0.3 is 0 Å². The van der Waals surface area contributed by atoms with Gasteiger partial charge in [0.1, 0.15) is 5.75 Å². The molecule has 4 nitrogen and oxygen atoms in total. The smallest absolute Gasteiger partial charge is 0.272 e. The van der Waals surface area contributed by atoms with Crippen molar-refractivity contribution in [2.24, 2.45) is 0 Å². The van der Waals surface area contributed by atoms with Crippen LogP contribution in [0.25, 0.3) is 0 Å². The monoisotopic (exact) mass is 227 g/mol. The van der Waals surface area contributed by atoms with Crippen LogP contribution in [0.3, 0.4) is 0 Å². The lowest BCUT2D eigenvalue weighted by Gasteiger charge is -2.05. The number of nitro groups is 1. The van der Waals surface area contributed by atoms with Crippen LogP contribution in [0.15, 0.2) is 18.2 Å². The molecule has 0 radical (unpaired) electrons. The fourth-order valence-electron chi connectivity index (χ4n) is 1.18. The highest BCUT2D eigenvalue weighted by molar-refractivity contribution is 7.80. The SMILES string of the molecule is Cc1cc(OCCCS)ccc1[N+](=O)[O-]. The predicted octanol–water partition coefficient (Wildman–Crippen LogP) is 2.60. The van der Waals surface area contributed by atoms with Gasteiger partial charge in [-0.1, -0.05) is 0 Å². The Morgan fingerprint density at radius 2 is 2.27 bits per heavy atom. The third-order valence-corrected chi connectivity index (χ3v) is 2.25. The maximum absolute atomic E-state index is 10.5. The molecule has 0 atom stereocenters. The topological polar surface area (TPSA) is 52.4 Å². The van der Waals surface area contributed by atoms with Crippen LogP contribution in [0.4, 0.5) is 5.69 Å². The van der Waals surface area contributed by atoms with Gasteiger partial charge in [0.05, 0.1) is 11.5 Å². The molecule has 0 aliphatic rings. The summed E-state index contributed by atoms with van der Waals surface area (Å²) in [5, 5.41) is 10.5. The summed E-state index contributed by atoms with van der Waals surface area (Å²) in [6.45, 7) is 2.28. The van der Waals surface area contributed by atoms with E-state index in [1.807, 2.05) is 0 Å². The van der Waals surface area contributed by atoms with Crippen molar-refractivity contribution in [1.82, 2.24) is 0 Å². The lowest BCUT2D eigenvalue weighted by Crippen LogP contribution is -1.99. The maximum atomic E-state index is 10.5. The van der Waals surface area contributed by atoms with Gasteiger partial charge in [-0.05, 0) is 31.2 Å². The van der Waals surface area contributed by atoms with Crippen LogP contribution < -0.4 is 4.74 Å². The number of thiol groups is 1. The third kappa shape index (κ3) is 3.43. The fraction of sp³-hybridized carbons (Fsp3) is 0.400. The van der Waals surface area contributed by atoms with Gasteiger partial charge in [0.25, 0.3) is 5.69 Å². The van der Waals surface area contributed by atoms with Crippen molar-refractivity contribution in [3.63, 3.8) is 0 Å². The van der Waals surface area contributed by atoms with Crippen LogP contribution in [-0.2, 0) is 0 Å². The Morgan fingerprint density at radius 1 is 1.53 bits per heavy atom. The molecule has 15 heavy (non-hydrogen) atoms. The van der Waals surface area contributed by atoms with Gasteiger partial charge in [-0.2, -0.15) is 12.6 Å². The first-order valence-electron chi connectivity index (χ1n) is 4.64. The van der Waals surface area contributed by atoms with Crippen molar-refractivity contribution in [2.75, 3.05) is 12.4 Å². The zero-order chi connectivity index (χ0) is 11.3. The second kappa shape index (κ2) is 5.60. The summed E-state index contributed by atoms with van der Waals surface area (Å²) in [6, 6.07) is 4.76. The molecule has 1 aromatic rings. The summed E-state index contributed by atoms with van der Waals surface area (Å²) in [6.07, 6.45) is 0.860. The van der Waals surface area contributed by atoms with E-state index >= 15 is 0 Å². The second-order valence-corrected chi connectivity index (χ2v) is 3.58. The number of benzene rings is 1. The minimum atomic E-state index is -0.396. The third-order valence-electron chi connectivity index (χ3n) is 1.94. The van der Waals surface area contributed by atoms with E-state index in [4.69, 9.17) is 4.74 Å². The van der Waals surface area contributed by atoms with Crippen molar-refractivity contribution in [2.45, 2.75) is 13.3 Å². The summed E-state index contributed by atoms with van der Waals surface area (Å²) in [5.74, 6) is 1.44. The van der Waals surface area contributed by atoms with Gasteiger partial charge < -0.3 is 4.74 Å². The predicted molar refractivity (Wildman–Crippen MR) is 61.8 cm³/mol. The van der Waals surface area contributed by atoms with Crippen LogP contribution in [-0.4, -0.2) is 17.3 Å². The van der Waals surface area contributed by atoms with E-state index in [1.54, 1.807) is 19.1 Å². The maximum Gasteiger partial charge on any atom is 0.272 e. The van der Waals surface area contributed by atoms with Crippen molar-refractivity contribution < 1.29 is 9.66 Å². The Balaban J connectivity index is 2.69. The molecule has 0 N–H and O–H groups in total. The molecular formula is C10H13NO3S. The molecular weight excluding hydrogens is 214 g/mol. The normalized spacial score (nSPS) is 10.0. The second-order valence-electron chi connectivity index (χ2n) is 3.13. The Morgan fingerprint density at radius 3 is 2.80 bits per heavy atom. The largest absolute Gasteiger partial charge is 0.494 e. The summed E-state index contributed by atoms with van der Waals surface area (Å²) in [5.41, 5.74) is 0.736. The molecule has 82 valence electrons. The number of aryl methyl sites for hydroxylation is 1. The number of hydrogen-bond donors (Lipinski definition) is 1. The van der Waals surface area contributed by atoms with Gasteiger partial charge in [-0.15, -0.1) is 0 Å². The molecule has 0 fully saturated rings. The van der Waals surface area contributed by atoms with Crippen LogP contribution in [0.2, 0.25) is 0 Å². The summed E-state index contributed by atoms with van der Waals surface area (Å²) in [7, 11) is 0. The molecule has 0 aromatic heterocycles. The number of nitro benzene ring substituents is 1. The molecule has 0 saturated carbocycles. The summed E-state index contributed by atoms with van der Waals surface area (Å²) in [4.78, 5) is 10.2. The summed E-state index contributed by atoms with van der Waals surface area (Å²) >= 11 is 4.06. The van der Waals surface area contributed by atoms with E-state index < -0.39 is 4.92 Å². The Hall–Kier alpha value is -1.23. The number of ether oxygens (including phenoxy) is 1. The van der Waals surface area contributed by atoms with Crippen LogP contribution >= 0.6 is 12.6 Å². The molecule has 0 unspecified atom stereocenters. The number of rotatable bonds is 5. The molecule has 0 spiro atoms.